The van der Waals surface area contributed by atoms with E-state index in [1.165, 1.54) is 0 Å². The number of nitrogens with one attached hydrogen (secondary N) is 1. The first-order valence-corrected chi connectivity index (χ1v) is 4.41. The molecule has 14 heavy (non-hydrogen) atoms. The average molecular weight is 222 g/mol. The van der Waals surface area contributed by atoms with Crippen molar-refractivity contribution < 1.29 is 13.9 Å². The lowest BCUT2D eigenvalue weighted by atomic mass is 10.1. The Balaban J connectivity index is 3.02. The van der Waals surface area contributed by atoms with Crippen molar-refractivity contribution in [3.63, 3.8) is 0 Å². The van der Waals surface area contributed by atoms with Gasteiger partial charge in [-0.15, -0.1) is 0 Å². The Kier molecular flexibility index (Phi) is 3.80. The van der Waals surface area contributed by atoms with E-state index in [0.29, 0.717) is 0 Å². The van der Waals surface area contributed by atoms with Gasteiger partial charge < -0.3 is 10.4 Å². The summed E-state index contributed by atoms with van der Waals surface area (Å²) in [5.74, 6) is -2.03. The van der Waals surface area contributed by atoms with Gasteiger partial charge in [-0.25, -0.2) is 8.78 Å². The number of hydrogen-bond acceptors (Lipinski definition) is 2. The van der Waals surface area contributed by atoms with Gasteiger partial charge in [0.15, 0.2) is 11.6 Å². The first-order chi connectivity index (χ1) is 6.56. The SMILES string of the molecule is CNCC(O)c1cc(F)c(F)cc1Cl. The van der Waals surface area contributed by atoms with E-state index in [1.807, 2.05) is 0 Å². The highest BCUT2D eigenvalue weighted by Gasteiger charge is 2.14. The summed E-state index contributed by atoms with van der Waals surface area (Å²) in [5, 5.41) is 12.2. The highest BCUT2D eigenvalue weighted by atomic mass is 35.5. The fourth-order valence-corrected chi connectivity index (χ4v) is 1.37. The highest BCUT2D eigenvalue weighted by Crippen LogP contribution is 2.25. The summed E-state index contributed by atoms with van der Waals surface area (Å²) in [4.78, 5) is 0. The quantitative estimate of drug-likeness (QED) is 0.764. The highest BCUT2D eigenvalue weighted by molar-refractivity contribution is 6.31. The molecule has 0 aromatic heterocycles. The minimum atomic E-state index is -1.02. The lowest BCUT2D eigenvalue weighted by molar-refractivity contribution is 0.177. The second kappa shape index (κ2) is 4.68. The minimum absolute atomic E-state index is 0.0200. The predicted molar refractivity (Wildman–Crippen MR) is 50.3 cm³/mol. The maximum absolute atomic E-state index is 12.8. The second-order valence-corrected chi connectivity index (χ2v) is 3.27. The first-order valence-electron chi connectivity index (χ1n) is 4.03. The molecule has 0 aliphatic rings. The third-order valence-corrected chi connectivity index (χ3v) is 2.12. The monoisotopic (exact) mass is 221 g/mol. The maximum atomic E-state index is 12.8. The minimum Gasteiger partial charge on any atom is -0.387 e. The molecule has 1 unspecified atom stereocenters. The standard InChI is InChI=1S/C9H10ClF2NO/c1-13-4-9(14)5-2-7(11)8(12)3-6(5)10/h2-3,9,13-14H,4H2,1H3. The molecule has 2 nitrogen and oxygen atoms in total. The van der Waals surface area contributed by atoms with E-state index in [-0.39, 0.29) is 17.1 Å². The molecule has 0 bridgehead atoms. The zero-order valence-corrected chi connectivity index (χ0v) is 8.28. The normalized spacial score (nSPS) is 12.9. The van der Waals surface area contributed by atoms with Crippen LogP contribution in [0.3, 0.4) is 0 Å². The fraction of sp³-hybridized carbons (Fsp3) is 0.333. The van der Waals surface area contributed by atoms with Crippen LogP contribution in [0.1, 0.15) is 11.7 Å². The molecule has 0 saturated heterocycles. The van der Waals surface area contributed by atoms with Gasteiger partial charge in [-0.05, 0) is 19.2 Å². The summed E-state index contributed by atoms with van der Waals surface area (Å²) in [5.41, 5.74) is 0.180. The Morgan fingerprint density at radius 3 is 2.57 bits per heavy atom. The van der Waals surface area contributed by atoms with Crippen LogP contribution in [0.5, 0.6) is 0 Å². The Bertz CT molecular complexity index is 333. The molecule has 78 valence electrons. The van der Waals surface area contributed by atoms with E-state index >= 15 is 0 Å². The molecule has 0 heterocycles. The average Bonchev–Trinajstić information content (AvgIpc) is 2.11. The molecule has 0 spiro atoms. The molecule has 0 amide bonds. The molecular weight excluding hydrogens is 212 g/mol. The largest absolute Gasteiger partial charge is 0.387 e. The molecule has 0 aliphatic carbocycles. The topological polar surface area (TPSA) is 32.3 Å². The molecule has 5 heteroatoms. The van der Waals surface area contributed by atoms with Crippen molar-refractivity contribution in [2.45, 2.75) is 6.10 Å². The summed E-state index contributed by atoms with van der Waals surface area (Å²) >= 11 is 5.64. The number of halogens is 3. The number of hydrogen-bond donors (Lipinski definition) is 2. The molecule has 0 radical (unpaired) electrons. The molecule has 1 rings (SSSR count). The molecule has 1 aromatic carbocycles. The van der Waals surface area contributed by atoms with Crippen molar-refractivity contribution >= 4 is 11.6 Å². The number of aliphatic hydroxyl groups is 1. The Hall–Kier alpha value is -0.710. The summed E-state index contributed by atoms with van der Waals surface area (Å²) in [6.07, 6.45) is -0.942. The molecule has 1 atom stereocenters. The number of aliphatic hydroxyl groups excluding tert-OH is 1. The maximum Gasteiger partial charge on any atom is 0.160 e. The van der Waals surface area contributed by atoms with Crippen LogP contribution in [-0.2, 0) is 0 Å². The van der Waals surface area contributed by atoms with E-state index in [2.05, 4.69) is 5.32 Å². The molecule has 0 saturated carbocycles. The Morgan fingerprint density at radius 1 is 1.43 bits per heavy atom. The van der Waals surface area contributed by atoms with Gasteiger partial charge >= 0.3 is 0 Å². The predicted octanol–water partition coefficient (Wildman–Crippen LogP) is 1.87. The second-order valence-electron chi connectivity index (χ2n) is 2.86. The van der Waals surface area contributed by atoms with Gasteiger partial charge in [0.25, 0.3) is 0 Å². The van der Waals surface area contributed by atoms with Crippen LogP contribution < -0.4 is 5.32 Å². The van der Waals surface area contributed by atoms with Crippen LogP contribution in [0.4, 0.5) is 8.78 Å². The van der Waals surface area contributed by atoms with E-state index in [4.69, 9.17) is 11.6 Å². The van der Waals surface area contributed by atoms with Gasteiger partial charge in [-0.1, -0.05) is 11.6 Å². The van der Waals surface area contributed by atoms with E-state index in [9.17, 15) is 13.9 Å². The van der Waals surface area contributed by atoms with E-state index in [0.717, 1.165) is 12.1 Å². The van der Waals surface area contributed by atoms with E-state index < -0.39 is 17.7 Å². The van der Waals surface area contributed by atoms with Crippen molar-refractivity contribution in [1.29, 1.82) is 0 Å². The molecule has 1 aromatic rings. The lowest BCUT2D eigenvalue weighted by Gasteiger charge is -2.12. The van der Waals surface area contributed by atoms with Gasteiger partial charge in [-0.2, -0.15) is 0 Å². The van der Waals surface area contributed by atoms with E-state index in [1.54, 1.807) is 7.05 Å². The smallest absolute Gasteiger partial charge is 0.160 e. The Morgan fingerprint density at radius 2 is 2.00 bits per heavy atom. The van der Waals surface area contributed by atoms with Crippen molar-refractivity contribution in [3.05, 3.63) is 34.4 Å². The van der Waals surface area contributed by atoms with Crippen LogP contribution in [-0.4, -0.2) is 18.7 Å². The van der Waals surface area contributed by atoms with Crippen LogP contribution in [0.25, 0.3) is 0 Å². The third-order valence-electron chi connectivity index (χ3n) is 1.80. The number of benzene rings is 1. The summed E-state index contributed by atoms with van der Waals surface area (Å²) in [6, 6.07) is 1.75. The third kappa shape index (κ3) is 2.41. The van der Waals surface area contributed by atoms with Crippen molar-refractivity contribution in [3.8, 4) is 0 Å². The summed E-state index contributed by atoms with van der Waals surface area (Å²) in [6.45, 7) is 0.227. The zero-order valence-electron chi connectivity index (χ0n) is 7.52. The summed E-state index contributed by atoms with van der Waals surface area (Å²) in [7, 11) is 1.64. The summed E-state index contributed by atoms with van der Waals surface area (Å²) < 4.78 is 25.4. The lowest BCUT2D eigenvalue weighted by Crippen LogP contribution is -2.17. The van der Waals surface area contributed by atoms with Crippen LogP contribution in [0.2, 0.25) is 5.02 Å². The molecule has 2 N–H and O–H groups in total. The van der Waals surface area contributed by atoms with Crippen molar-refractivity contribution in [1.82, 2.24) is 5.32 Å². The molecule has 0 aliphatic heterocycles. The van der Waals surface area contributed by atoms with Crippen LogP contribution >= 0.6 is 11.6 Å². The van der Waals surface area contributed by atoms with Gasteiger partial charge in [0.1, 0.15) is 0 Å². The van der Waals surface area contributed by atoms with Crippen LogP contribution in [0, 0.1) is 11.6 Å². The first kappa shape index (κ1) is 11.4. The fourth-order valence-electron chi connectivity index (χ4n) is 1.10. The van der Waals surface area contributed by atoms with Gasteiger partial charge in [-0.3, -0.25) is 0 Å². The number of likely N-dealkylation sites (N-methyl/N-ethyl adjacent to an activating group) is 1. The van der Waals surface area contributed by atoms with Gasteiger partial charge in [0, 0.05) is 17.1 Å². The van der Waals surface area contributed by atoms with Gasteiger partial charge in [0.2, 0.25) is 0 Å². The van der Waals surface area contributed by atoms with Crippen molar-refractivity contribution in [2.75, 3.05) is 13.6 Å². The zero-order chi connectivity index (χ0) is 10.7. The Labute approximate surface area is 85.5 Å². The van der Waals surface area contributed by atoms with Crippen LogP contribution in [0.15, 0.2) is 12.1 Å². The van der Waals surface area contributed by atoms with Crippen molar-refractivity contribution in [2.24, 2.45) is 0 Å². The number of rotatable bonds is 3. The molecular formula is C9H10ClF2NO. The molecule has 0 fully saturated rings. The van der Waals surface area contributed by atoms with Gasteiger partial charge in [0.05, 0.1) is 6.10 Å².